The molecular weight excluding hydrogens is 245 g/mol. The highest BCUT2D eigenvalue weighted by Crippen LogP contribution is 2.27. The summed E-state index contributed by atoms with van der Waals surface area (Å²) < 4.78 is 18.4. The lowest BCUT2D eigenvalue weighted by atomic mass is 10.1. The predicted molar refractivity (Wildman–Crippen MR) is 60.3 cm³/mol. The Bertz CT molecular complexity index is 512. The van der Waals surface area contributed by atoms with Gasteiger partial charge in [-0.25, -0.2) is 9.18 Å². The van der Waals surface area contributed by atoms with Crippen LogP contribution in [0.15, 0.2) is 24.3 Å². The largest absolute Gasteiger partial charge is 0.486 e. The molecule has 96 valence electrons. The third kappa shape index (κ3) is 3.03. The first-order valence-corrected chi connectivity index (χ1v) is 4.92. The molecule has 0 fully saturated rings. The van der Waals surface area contributed by atoms with Gasteiger partial charge in [-0.2, -0.15) is 0 Å². The van der Waals surface area contributed by atoms with Gasteiger partial charge in [-0.05, 0) is 6.92 Å². The number of rotatable bonds is 5. The fourth-order valence-corrected chi connectivity index (χ4v) is 1.21. The maximum Gasteiger partial charge on any atom is 0.342 e. The molecule has 1 N–H and O–H groups in total. The van der Waals surface area contributed by atoms with E-state index in [0.29, 0.717) is 6.07 Å². The Labute approximate surface area is 101 Å². The molecule has 0 aliphatic heterocycles. The van der Waals surface area contributed by atoms with Crippen molar-refractivity contribution in [3.8, 4) is 5.75 Å². The summed E-state index contributed by atoms with van der Waals surface area (Å²) in [7, 11) is 0. The minimum absolute atomic E-state index is 0.0459. The molecule has 0 amide bonds. The lowest BCUT2D eigenvalue weighted by Crippen LogP contribution is -2.05. The molecule has 0 unspecified atom stereocenters. The monoisotopic (exact) mass is 255 g/mol. The first kappa shape index (κ1) is 13.6. The van der Waals surface area contributed by atoms with Gasteiger partial charge in [0.15, 0.2) is 11.6 Å². The second-order valence-corrected chi connectivity index (χ2v) is 3.24. The first-order valence-electron chi connectivity index (χ1n) is 4.92. The van der Waals surface area contributed by atoms with Gasteiger partial charge < -0.3 is 9.84 Å². The highest BCUT2D eigenvalue weighted by atomic mass is 19.1. The topological polar surface area (TPSA) is 89.7 Å². The normalized spacial score (nSPS) is 10.6. The third-order valence-corrected chi connectivity index (χ3v) is 2.05. The van der Waals surface area contributed by atoms with Crippen LogP contribution in [-0.4, -0.2) is 22.6 Å². The Morgan fingerprint density at radius 2 is 2.28 bits per heavy atom. The molecule has 0 aliphatic rings. The van der Waals surface area contributed by atoms with Gasteiger partial charge in [0.05, 0.1) is 11.0 Å². The standard InChI is InChI=1S/C11H10FNO5/c1-2-3-4-18-10-5-7(11(14)15)9(13(16)17)6-8(10)12/h2-3,5-6H,4H2,1H3,(H,14,15). The SMILES string of the molecule is CC=CCOc1cc(C(=O)O)c([N+](=O)[O-])cc1F. The number of nitro benzene ring substituents is 1. The fourth-order valence-electron chi connectivity index (χ4n) is 1.21. The van der Waals surface area contributed by atoms with E-state index in [4.69, 9.17) is 9.84 Å². The highest BCUT2D eigenvalue weighted by molar-refractivity contribution is 5.92. The number of carbonyl (C=O) groups is 1. The maximum absolute atomic E-state index is 13.4. The Morgan fingerprint density at radius 3 is 2.78 bits per heavy atom. The van der Waals surface area contributed by atoms with Crippen molar-refractivity contribution in [3.63, 3.8) is 0 Å². The van der Waals surface area contributed by atoms with Gasteiger partial charge in [0.2, 0.25) is 0 Å². The fraction of sp³-hybridized carbons (Fsp3) is 0.182. The number of halogens is 1. The van der Waals surface area contributed by atoms with Gasteiger partial charge >= 0.3 is 5.97 Å². The molecule has 0 bridgehead atoms. The lowest BCUT2D eigenvalue weighted by Gasteiger charge is -2.06. The van der Waals surface area contributed by atoms with Crippen LogP contribution in [0.4, 0.5) is 10.1 Å². The van der Waals surface area contributed by atoms with Crippen molar-refractivity contribution < 1.29 is 24.0 Å². The smallest absolute Gasteiger partial charge is 0.342 e. The van der Waals surface area contributed by atoms with E-state index in [-0.39, 0.29) is 12.4 Å². The first-order chi connectivity index (χ1) is 8.47. The zero-order valence-electron chi connectivity index (χ0n) is 9.42. The number of carboxylic acid groups (broad SMARTS) is 1. The molecule has 7 heteroatoms. The number of nitrogens with zero attached hydrogens (tertiary/aromatic N) is 1. The van der Waals surface area contributed by atoms with E-state index in [1.807, 2.05) is 0 Å². The summed E-state index contributed by atoms with van der Waals surface area (Å²) in [6.07, 6.45) is 3.25. The Kier molecular flexibility index (Phi) is 4.36. The summed E-state index contributed by atoms with van der Waals surface area (Å²) in [5.41, 5.74) is -1.42. The third-order valence-electron chi connectivity index (χ3n) is 2.05. The van der Waals surface area contributed by atoms with Crippen molar-refractivity contribution in [2.45, 2.75) is 6.92 Å². The molecule has 0 aliphatic carbocycles. The molecule has 0 saturated carbocycles. The Balaban J connectivity index is 3.18. The van der Waals surface area contributed by atoms with Crippen LogP contribution in [-0.2, 0) is 0 Å². The molecule has 0 heterocycles. The molecule has 0 radical (unpaired) electrons. The molecule has 0 atom stereocenters. The molecule has 0 spiro atoms. The zero-order valence-corrected chi connectivity index (χ0v) is 9.42. The summed E-state index contributed by atoms with van der Waals surface area (Å²) in [4.78, 5) is 20.4. The molecule has 6 nitrogen and oxygen atoms in total. The number of carboxylic acids is 1. The van der Waals surface area contributed by atoms with Crippen LogP contribution in [0.25, 0.3) is 0 Å². The van der Waals surface area contributed by atoms with Crippen molar-refractivity contribution in [2.75, 3.05) is 6.61 Å². The highest BCUT2D eigenvalue weighted by Gasteiger charge is 2.23. The van der Waals surface area contributed by atoms with E-state index in [1.54, 1.807) is 19.1 Å². The van der Waals surface area contributed by atoms with E-state index < -0.39 is 28.0 Å². The summed E-state index contributed by atoms with van der Waals surface area (Å²) in [6.45, 7) is 1.78. The van der Waals surface area contributed by atoms with Gasteiger partial charge in [0, 0.05) is 6.07 Å². The predicted octanol–water partition coefficient (Wildman–Crippen LogP) is 2.39. The number of benzene rings is 1. The Hall–Kier alpha value is -2.44. The number of aromatic carboxylic acids is 1. The second kappa shape index (κ2) is 5.76. The summed E-state index contributed by atoms with van der Waals surface area (Å²) in [5.74, 6) is -2.83. The number of hydrogen-bond donors (Lipinski definition) is 1. The van der Waals surface area contributed by atoms with Gasteiger partial charge in [-0.3, -0.25) is 10.1 Å². The van der Waals surface area contributed by atoms with E-state index in [1.165, 1.54) is 0 Å². The van der Waals surface area contributed by atoms with Crippen LogP contribution >= 0.6 is 0 Å². The zero-order chi connectivity index (χ0) is 13.7. The van der Waals surface area contributed by atoms with E-state index in [2.05, 4.69) is 0 Å². The molecule has 18 heavy (non-hydrogen) atoms. The summed E-state index contributed by atoms with van der Waals surface area (Å²) in [6, 6.07) is 1.34. The molecule has 0 saturated heterocycles. The van der Waals surface area contributed by atoms with Crippen molar-refractivity contribution in [1.29, 1.82) is 0 Å². The van der Waals surface area contributed by atoms with Crippen LogP contribution in [0.1, 0.15) is 17.3 Å². The number of hydrogen-bond acceptors (Lipinski definition) is 4. The quantitative estimate of drug-likeness (QED) is 0.495. The van der Waals surface area contributed by atoms with E-state index in [0.717, 1.165) is 6.07 Å². The van der Waals surface area contributed by atoms with Crippen molar-refractivity contribution in [2.24, 2.45) is 0 Å². The number of nitro groups is 1. The minimum atomic E-state index is -1.52. The van der Waals surface area contributed by atoms with Crippen molar-refractivity contribution in [1.82, 2.24) is 0 Å². The van der Waals surface area contributed by atoms with Crippen LogP contribution in [0.3, 0.4) is 0 Å². The minimum Gasteiger partial charge on any atom is -0.486 e. The van der Waals surface area contributed by atoms with E-state index in [9.17, 15) is 19.3 Å². The van der Waals surface area contributed by atoms with Crippen molar-refractivity contribution >= 4 is 11.7 Å². The van der Waals surface area contributed by atoms with E-state index >= 15 is 0 Å². The average molecular weight is 255 g/mol. The summed E-state index contributed by atoms with van der Waals surface area (Å²) in [5, 5.41) is 19.4. The Morgan fingerprint density at radius 1 is 1.61 bits per heavy atom. The number of ether oxygens (including phenoxy) is 1. The average Bonchev–Trinajstić information content (AvgIpc) is 2.30. The molecule has 1 aromatic carbocycles. The van der Waals surface area contributed by atoms with Crippen LogP contribution in [0.5, 0.6) is 5.75 Å². The van der Waals surface area contributed by atoms with Gasteiger partial charge in [-0.1, -0.05) is 12.2 Å². The number of allylic oxidation sites excluding steroid dienone is 1. The van der Waals surface area contributed by atoms with Crippen molar-refractivity contribution in [3.05, 3.63) is 45.8 Å². The molecule has 0 aromatic heterocycles. The van der Waals surface area contributed by atoms with Gasteiger partial charge in [0.1, 0.15) is 12.2 Å². The maximum atomic E-state index is 13.4. The molecule has 1 aromatic rings. The second-order valence-electron chi connectivity index (χ2n) is 3.24. The lowest BCUT2D eigenvalue weighted by molar-refractivity contribution is -0.385. The summed E-state index contributed by atoms with van der Waals surface area (Å²) >= 11 is 0. The molecular formula is C11H10FNO5. The van der Waals surface area contributed by atoms with Gasteiger partial charge in [0.25, 0.3) is 5.69 Å². The van der Waals surface area contributed by atoms with Crippen LogP contribution in [0.2, 0.25) is 0 Å². The van der Waals surface area contributed by atoms with Crippen LogP contribution < -0.4 is 4.74 Å². The van der Waals surface area contributed by atoms with Gasteiger partial charge in [-0.15, -0.1) is 0 Å². The van der Waals surface area contributed by atoms with Crippen LogP contribution in [0, 0.1) is 15.9 Å². The molecule has 1 rings (SSSR count).